The molecule has 0 saturated heterocycles. The Morgan fingerprint density at radius 3 is 2.12 bits per heavy atom. The molecule has 0 aromatic heterocycles. The van der Waals surface area contributed by atoms with E-state index in [9.17, 15) is 0 Å². The molecule has 4 heteroatoms. The van der Waals surface area contributed by atoms with Gasteiger partial charge in [0.15, 0.2) is 5.96 Å². The first-order chi connectivity index (χ1) is 12.3. The normalized spacial score (nSPS) is 10.4. The Bertz CT molecular complexity index is 601. The average molecular weight is 339 g/mol. The number of nitrogens with two attached hydrogens (primary N) is 1. The summed E-state index contributed by atoms with van der Waals surface area (Å²) in [7, 11) is 0. The van der Waals surface area contributed by atoms with Crippen LogP contribution in [0.15, 0.2) is 60.7 Å². The highest BCUT2D eigenvalue weighted by Crippen LogP contribution is 2.11. The summed E-state index contributed by atoms with van der Waals surface area (Å²) in [5.74, 6) is 1.10. The molecule has 0 atom stereocenters. The van der Waals surface area contributed by atoms with Gasteiger partial charge in [0, 0.05) is 13.1 Å². The Morgan fingerprint density at radius 1 is 0.840 bits per heavy atom. The van der Waals surface area contributed by atoms with Crippen LogP contribution < -0.4 is 10.5 Å². The summed E-state index contributed by atoms with van der Waals surface area (Å²) in [6.45, 7) is 2.32. The van der Waals surface area contributed by atoms with E-state index in [1.165, 1.54) is 18.4 Å². The fraction of sp³-hybridized carbons (Fsp3) is 0.381. The molecule has 0 spiro atoms. The van der Waals surface area contributed by atoms with Crippen molar-refractivity contribution in [1.29, 1.82) is 5.41 Å². The first kappa shape index (κ1) is 18.8. The number of unbranched alkanes of at least 4 members (excludes halogenated alkanes) is 4. The molecule has 2 rings (SSSR count). The third kappa shape index (κ3) is 7.75. The molecule has 0 unspecified atom stereocenters. The fourth-order valence-corrected chi connectivity index (χ4v) is 2.73. The van der Waals surface area contributed by atoms with Gasteiger partial charge in [-0.3, -0.25) is 5.41 Å². The van der Waals surface area contributed by atoms with Gasteiger partial charge in [-0.25, -0.2) is 0 Å². The molecular formula is C21H29N3O. The van der Waals surface area contributed by atoms with Crippen LogP contribution in [0, 0.1) is 5.41 Å². The lowest BCUT2D eigenvalue weighted by atomic mass is 10.1. The van der Waals surface area contributed by atoms with E-state index in [1.54, 1.807) is 0 Å². The summed E-state index contributed by atoms with van der Waals surface area (Å²) in [5, 5.41) is 7.74. The van der Waals surface area contributed by atoms with Crippen molar-refractivity contribution >= 4 is 5.96 Å². The highest BCUT2D eigenvalue weighted by molar-refractivity contribution is 5.74. The second-order valence-electron chi connectivity index (χ2n) is 6.22. The number of benzene rings is 2. The van der Waals surface area contributed by atoms with Gasteiger partial charge in [-0.05, 0) is 30.5 Å². The summed E-state index contributed by atoms with van der Waals surface area (Å²) in [6, 6.07) is 20.1. The van der Waals surface area contributed by atoms with Gasteiger partial charge in [-0.2, -0.15) is 0 Å². The molecule has 0 amide bonds. The monoisotopic (exact) mass is 339 g/mol. The first-order valence-electron chi connectivity index (χ1n) is 9.06. The second-order valence-corrected chi connectivity index (χ2v) is 6.22. The van der Waals surface area contributed by atoms with Gasteiger partial charge in [-0.15, -0.1) is 0 Å². The number of nitrogens with zero attached hydrogens (tertiary/aromatic N) is 1. The van der Waals surface area contributed by atoms with Gasteiger partial charge in [0.1, 0.15) is 5.75 Å². The molecule has 0 aliphatic carbocycles. The number of rotatable bonds is 11. The Hall–Kier alpha value is -2.49. The van der Waals surface area contributed by atoms with E-state index in [0.717, 1.165) is 38.2 Å². The lowest BCUT2D eigenvalue weighted by Gasteiger charge is -2.22. The molecule has 2 aromatic carbocycles. The minimum absolute atomic E-state index is 0.153. The van der Waals surface area contributed by atoms with Crippen molar-refractivity contribution in [3.63, 3.8) is 0 Å². The Labute approximate surface area is 151 Å². The van der Waals surface area contributed by atoms with Crippen molar-refractivity contribution < 1.29 is 4.74 Å². The quantitative estimate of drug-likeness (QED) is 0.362. The maximum absolute atomic E-state index is 7.74. The van der Waals surface area contributed by atoms with Crippen LogP contribution in [0.4, 0.5) is 0 Å². The van der Waals surface area contributed by atoms with E-state index in [4.69, 9.17) is 15.9 Å². The second kappa shape index (κ2) is 11.1. The summed E-state index contributed by atoms with van der Waals surface area (Å²) in [6.07, 6.45) is 5.66. The van der Waals surface area contributed by atoms with E-state index < -0.39 is 0 Å². The third-order valence-electron chi connectivity index (χ3n) is 4.14. The molecule has 25 heavy (non-hydrogen) atoms. The van der Waals surface area contributed by atoms with Crippen LogP contribution in [-0.4, -0.2) is 24.0 Å². The number of hydrogen-bond donors (Lipinski definition) is 2. The minimum atomic E-state index is 0.153. The lowest BCUT2D eigenvalue weighted by Crippen LogP contribution is -2.36. The van der Waals surface area contributed by atoms with Crippen molar-refractivity contribution in [3.05, 3.63) is 66.2 Å². The Balaban J connectivity index is 1.54. The zero-order valence-corrected chi connectivity index (χ0v) is 14.9. The maximum Gasteiger partial charge on any atom is 0.188 e. The zero-order chi connectivity index (χ0) is 17.7. The number of nitrogens with one attached hydrogen (secondary N) is 1. The van der Waals surface area contributed by atoms with E-state index in [0.29, 0.717) is 6.54 Å². The molecule has 4 nitrogen and oxygen atoms in total. The molecule has 0 heterocycles. The van der Waals surface area contributed by atoms with Gasteiger partial charge in [0.25, 0.3) is 0 Å². The molecule has 0 fully saturated rings. The summed E-state index contributed by atoms with van der Waals surface area (Å²) >= 11 is 0. The molecule has 0 saturated carbocycles. The fourth-order valence-electron chi connectivity index (χ4n) is 2.73. The van der Waals surface area contributed by atoms with Crippen LogP contribution >= 0.6 is 0 Å². The van der Waals surface area contributed by atoms with Crippen LogP contribution in [-0.2, 0) is 6.54 Å². The summed E-state index contributed by atoms with van der Waals surface area (Å²) in [4.78, 5) is 1.94. The van der Waals surface area contributed by atoms with Crippen molar-refractivity contribution in [2.45, 2.75) is 38.6 Å². The number of guanidine groups is 1. The Morgan fingerprint density at radius 2 is 1.44 bits per heavy atom. The highest BCUT2D eigenvalue weighted by atomic mass is 16.5. The average Bonchev–Trinajstić information content (AvgIpc) is 2.64. The molecule has 0 aliphatic heterocycles. The smallest absolute Gasteiger partial charge is 0.188 e. The molecule has 2 aromatic rings. The SMILES string of the molecule is N=C(N)N(CCCCCCCOc1ccccc1)Cc1ccccc1. The van der Waals surface area contributed by atoms with Crippen LogP contribution in [0.2, 0.25) is 0 Å². The van der Waals surface area contributed by atoms with E-state index in [-0.39, 0.29) is 5.96 Å². The van der Waals surface area contributed by atoms with Gasteiger partial charge in [0.05, 0.1) is 6.61 Å². The molecule has 0 bridgehead atoms. The number of para-hydroxylation sites is 1. The van der Waals surface area contributed by atoms with E-state index in [1.807, 2.05) is 53.4 Å². The van der Waals surface area contributed by atoms with Gasteiger partial charge in [-0.1, -0.05) is 67.8 Å². The van der Waals surface area contributed by atoms with Crippen molar-refractivity contribution in [2.75, 3.05) is 13.2 Å². The summed E-state index contributed by atoms with van der Waals surface area (Å²) < 4.78 is 5.70. The topological polar surface area (TPSA) is 62.3 Å². The third-order valence-corrected chi connectivity index (χ3v) is 4.14. The van der Waals surface area contributed by atoms with Crippen molar-refractivity contribution in [2.24, 2.45) is 5.73 Å². The molecule has 3 N–H and O–H groups in total. The van der Waals surface area contributed by atoms with Crippen LogP contribution in [0.1, 0.15) is 37.7 Å². The predicted molar refractivity (Wildman–Crippen MR) is 104 cm³/mol. The van der Waals surface area contributed by atoms with Crippen LogP contribution in [0.3, 0.4) is 0 Å². The lowest BCUT2D eigenvalue weighted by molar-refractivity contribution is 0.303. The van der Waals surface area contributed by atoms with Gasteiger partial charge in [0.2, 0.25) is 0 Å². The first-order valence-corrected chi connectivity index (χ1v) is 9.06. The largest absolute Gasteiger partial charge is 0.494 e. The molecule has 0 radical (unpaired) electrons. The molecule has 134 valence electrons. The van der Waals surface area contributed by atoms with Crippen molar-refractivity contribution in [1.82, 2.24) is 4.90 Å². The standard InChI is InChI=1S/C21H29N3O/c22-21(23)24(18-19-12-6-4-7-13-19)16-10-2-1-3-11-17-25-20-14-8-5-9-15-20/h4-9,12-15H,1-3,10-11,16-18H2,(H3,22,23). The Kier molecular flexibility index (Phi) is 8.39. The predicted octanol–water partition coefficient (Wildman–Crippen LogP) is 4.41. The van der Waals surface area contributed by atoms with E-state index in [2.05, 4.69) is 12.1 Å². The number of ether oxygens (including phenoxy) is 1. The van der Waals surface area contributed by atoms with E-state index >= 15 is 0 Å². The maximum atomic E-state index is 7.74. The van der Waals surface area contributed by atoms with Gasteiger partial charge < -0.3 is 15.4 Å². The molecule has 0 aliphatic rings. The highest BCUT2D eigenvalue weighted by Gasteiger charge is 2.06. The van der Waals surface area contributed by atoms with Crippen LogP contribution in [0.25, 0.3) is 0 Å². The zero-order valence-electron chi connectivity index (χ0n) is 14.9. The van der Waals surface area contributed by atoms with Gasteiger partial charge >= 0.3 is 0 Å². The van der Waals surface area contributed by atoms with Crippen LogP contribution in [0.5, 0.6) is 5.75 Å². The summed E-state index contributed by atoms with van der Waals surface area (Å²) in [5.41, 5.74) is 6.90. The minimum Gasteiger partial charge on any atom is -0.494 e. The molecular weight excluding hydrogens is 310 g/mol. The van der Waals surface area contributed by atoms with Crippen molar-refractivity contribution in [3.8, 4) is 5.75 Å². The number of hydrogen-bond acceptors (Lipinski definition) is 2.